The quantitative estimate of drug-likeness (QED) is 0.218. The molecule has 0 aliphatic carbocycles. The number of ether oxygens (including phenoxy) is 3. The first-order valence-electron chi connectivity index (χ1n) is 13.3. The van der Waals surface area contributed by atoms with E-state index in [0.29, 0.717) is 39.0 Å². The number of carbonyl (C=O) groups is 1. The van der Waals surface area contributed by atoms with E-state index >= 15 is 0 Å². The number of carbonyl (C=O) groups excluding carboxylic acids is 1. The number of aliphatic hydroxyl groups is 1. The topological polar surface area (TPSA) is 146 Å². The van der Waals surface area contributed by atoms with Gasteiger partial charge < -0.3 is 33.3 Å². The van der Waals surface area contributed by atoms with Crippen molar-refractivity contribution >= 4 is 33.7 Å². The van der Waals surface area contributed by atoms with Crippen molar-refractivity contribution < 1.29 is 38.1 Å². The van der Waals surface area contributed by atoms with Crippen molar-refractivity contribution in [3.63, 3.8) is 0 Å². The van der Waals surface area contributed by atoms with Gasteiger partial charge in [0.15, 0.2) is 11.3 Å². The van der Waals surface area contributed by atoms with Crippen LogP contribution in [0.25, 0.3) is 27.7 Å². The van der Waals surface area contributed by atoms with Crippen LogP contribution in [0, 0.1) is 0 Å². The molecule has 1 unspecified atom stereocenters. The number of phenolic OH excluding ortho intramolecular Hbond substituents is 1. The summed E-state index contributed by atoms with van der Waals surface area (Å²) in [4.78, 5) is 37.5. The van der Waals surface area contributed by atoms with E-state index in [1.54, 1.807) is 48.5 Å². The van der Waals surface area contributed by atoms with Crippen LogP contribution in [0.2, 0.25) is 0 Å². The fourth-order valence-corrected chi connectivity index (χ4v) is 5.56. The zero-order valence-electron chi connectivity index (χ0n) is 22.6. The average Bonchev–Trinajstić information content (AvgIpc) is 2.98. The molecule has 10 heteroatoms. The molecule has 0 amide bonds. The number of hydrogen-bond donors (Lipinski definition) is 2. The highest BCUT2D eigenvalue weighted by atomic mass is 16.7. The fourth-order valence-electron chi connectivity index (χ4n) is 5.56. The lowest BCUT2D eigenvalue weighted by molar-refractivity contribution is -0.155. The Morgan fingerprint density at radius 2 is 1.63 bits per heavy atom. The third kappa shape index (κ3) is 4.49. The molecular weight excluding hydrogens is 556 g/mol. The van der Waals surface area contributed by atoms with Gasteiger partial charge >= 0.3 is 17.2 Å². The van der Waals surface area contributed by atoms with Crippen molar-refractivity contribution in [2.45, 2.75) is 19.1 Å². The maximum absolute atomic E-state index is 13.0. The zero-order valence-corrected chi connectivity index (χ0v) is 22.6. The van der Waals surface area contributed by atoms with Gasteiger partial charge in [0, 0.05) is 29.5 Å². The smallest absolute Gasteiger partial charge is 0.337 e. The van der Waals surface area contributed by atoms with Gasteiger partial charge in [-0.25, -0.2) is 14.4 Å². The van der Waals surface area contributed by atoms with Gasteiger partial charge in [-0.1, -0.05) is 24.3 Å². The van der Waals surface area contributed by atoms with E-state index in [2.05, 4.69) is 0 Å². The van der Waals surface area contributed by atoms with Gasteiger partial charge in [-0.2, -0.15) is 0 Å². The first-order valence-corrected chi connectivity index (χ1v) is 13.3. The highest BCUT2D eigenvalue weighted by molar-refractivity contribution is 5.94. The molecule has 4 heterocycles. The molecule has 0 radical (unpaired) electrons. The summed E-state index contributed by atoms with van der Waals surface area (Å²) < 4.78 is 27.4. The van der Waals surface area contributed by atoms with E-state index in [9.17, 15) is 24.6 Å². The molecule has 5 aromatic rings. The summed E-state index contributed by atoms with van der Waals surface area (Å²) in [6.45, 7) is 0. The molecule has 10 nitrogen and oxygen atoms in total. The Labute approximate surface area is 242 Å². The third-order valence-electron chi connectivity index (χ3n) is 7.51. The molecule has 0 fully saturated rings. The summed E-state index contributed by atoms with van der Waals surface area (Å²) in [7, 11) is 1.47. The Bertz CT molecular complexity index is 2170. The van der Waals surface area contributed by atoms with Gasteiger partial charge in [-0.15, -0.1) is 0 Å². The normalized spacial score (nSPS) is 15.9. The van der Waals surface area contributed by atoms with Crippen molar-refractivity contribution in [2.24, 2.45) is 0 Å². The maximum atomic E-state index is 13.0. The number of hydrogen-bond acceptors (Lipinski definition) is 10. The minimum absolute atomic E-state index is 0.0190. The number of methoxy groups -OCH3 is 1. The van der Waals surface area contributed by atoms with Crippen LogP contribution in [0.1, 0.15) is 22.3 Å². The lowest BCUT2D eigenvalue weighted by atomic mass is 9.94. The average molecular weight is 579 g/mol. The van der Waals surface area contributed by atoms with Crippen LogP contribution in [0.3, 0.4) is 0 Å². The number of phenols is 1. The molecule has 0 saturated carbocycles. The molecule has 1 atom stereocenters. The van der Waals surface area contributed by atoms with Crippen molar-refractivity contribution in [3.05, 3.63) is 127 Å². The predicted molar refractivity (Wildman–Crippen MR) is 154 cm³/mol. The molecular formula is C33H22O10. The van der Waals surface area contributed by atoms with E-state index in [4.69, 9.17) is 23.0 Å². The monoisotopic (exact) mass is 578 g/mol. The molecule has 0 spiro atoms. The molecule has 7 rings (SSSR count). The highest BCUT2D eigenvalue weighted by Gasteiger charge is 2.36. The number of rotatable bonds is 5. The van der Waals surface area contributed by atoms with Gasteiger partial charge in [0.2, 0.25) is 0 Å². The molecule has 0 bridgehead atoms. The Hall–Kier alpha value is -5.77. The first kappa shape index (κ1) is 26.1. The molecule has 3 aromatic carbocycles. The van der Waals surface area contributed by atoms with E-state index in [-0.39, 0.29) is 46.7 Å². The van der Waals surface area contributed by atoms with Crippen LogP contribution in [0.15, 0.2) is 102 Å². The zero-order chi connectivity index (χ0) is 29.8. The maximum Gasteiger partial charge on any atom is 0.337 e. The minimum atomic E-state index is -1.16. The number of fused-ring (bicyclic) bond motifs is 4. The molecule has 214 valence electrons. The summed E-state index contributed by atoms with van der Waals surface area (Å²) in [5.41, 5.74) is 1.98. The summed E-state index contributed by atoms with van der Waals surface area (Å²) >= 11 is 0. The van der Waals surface area contributed by atoms with E-state index in [0.717, 1.165) is 5.56 Å². The summed E-state index contributed by atoms with van der Waals surface area (Å²) in [5.74, 6) is -0.129. The van der Waals surface area contributed by atoms with Crippen LogP contribution in [0.4, 0.5) is 0 Å². The van der Waals surface area contributed by atoms with Gasteiger partial charge in [0.1, 0.15) is 22.8 Å². The first-order chi connectivity index (χ1) is 20.8. The van der Waals surface area contributed by atoms with Crippen molar-refractivity contribution in [3.8, 4) is 17.2 Å². The largest absolute Gasteiger partial charge is 0.507 e. The highest BCUT2D eigenvalue weighted by Crippen LogP contribution is 2.40. The molecule has 0 saturated heterocycles. The summed E-state index contributed by atoms with van der Waals surface area (Å²) in [6.07, 6.45) is 0.627. The van der Waals surface area contributed by atoms with E-state index < -0.39 is 23.5 Å². The summed E-state index contributed by atoms with van der Waals surface area (Å²) in [5, 5.41) is 22.8. The number of para-hydroxylation sites is 1. The Morgan fingerprint density at radius 3 is 2.47 bits per heavy atom. The fraction of sp³-hybridized carbons (Fsp3) is 0.121. The number of aliphatic hydroxyl groups excluding tert-OH is 1. The van der Waals surface area contributed by atoms with E-state index in [1.807, 2.05) is 0 Å². The Balaban J connectivity index is 1.27. The van der Waals surface area contributed by atoms with Crippen LogP contribution in [-0.2, 0) is 22.4 Å². The second-order valence-electron chi connectivity index (χ2n) is 10.2. The lowest BCUT2D eigenvalue weighted by Gasteiger charge is -2.30. The van der Waals surface area contributed by atoms with Crippen LogP contribution in [0.5, 0.6) is 17.2 Å². The Kier molecular flexibility index (Phi) is 6.05. The van der Waals surface area contributed by atoms with Crippen molar-refractivity contribution in [2.75, 3.05) is 7.11 Å². The third-order valence-corrected chi connectivity index (χ3v) is 7.51. The molecule has 2 aromatic heterocycles. The van der Waals surface area contributed by atoms with Crippen molar-refractivity contribution in [1.29, 1.82) is 0 Å². The second-order valence-corrected chi connectivity index (χ2v) is 10.2. The molecule has 43 heavy (non-hydrogen) atoms. The van der Waals surface area contributed by atoms with Gasteiger partial charge in [-0.05, 0) is 59.5 Å². The molecule has 2 aliphatic rings. The summed E-state index contributed by atoms with van der Waals surface area (Å²) in [6, 6.07) is 17.6. The number of benzene rings is 3. The van der Waals surface area contributed by atoms with Gasteiger partial charge in [0.25, 0.3) is 6.29 Å². The van der Waals surface area contributed by atoms with Crippen molar-refractivity contribution in [1.82, 2.24) is 0 Å². The van der Waals surface area contributed by atoms with E-state index in [1.165, 1.54) is 31.4 Å². The Morgan fingerprint density at radius 1 is 0.837 bits per heavy atom. The van der Waals surface area contributed by atoms with Crippen LogP contribution in [-0.4, -0.2) is 29.6 Å². The number of esters is 1. The van der Waals surface area contributed by atoms with Crippen LogP contribution >= 0.6 is 0 Å². The SMILES string of the molecule is COc1cccc2c(CC3=CC4=C(O)c5cc(Cc6cc(=O)oc7cccc(O)c67)ccc5OC4OC3=O)cc(=O)oc12. The van der Waals surface area contributed by atoms with Crippen LogP contribution < -0.4 is 20.7 Å². The number of aromatic hydroxyl groups is 1. The standard InChI is InChI=1S/C33H22O10/c1-39-26-7-2-4-20-17(14-28(36)42-31(20)26)12-19-13-22-30(37)21-11-16(8-9-24(21)41-33(22)43-32(19)38)10-18-15-27(35)40-25-6-3-5-23(34)29(18)25/h2-9,11,13-15,33-34,37H,10,12H2,1H3. The molecule has 2 aliphatic heterocycles. The molecule has 2 N–H and O–H groups in total. The van der Waals surface area contributed by atoms with Gasteiger partial charge in [-0.3, -0.25) is 0 Å². The lowest BCUT2D eigenvalue weighted by Crippen LogP contribution is -2.34. The van der Waals surface area contributed by atoms with Gasteiger partial charge in [0.05, 0.1) is 23.6 Å². The minimum Gasteiger partial charge on any atom is -0.507 e. The predicted octanol–water partition coefficient (Wildman–Crippen LogP) is 4.92. The second kappa shape index (κ2) is 9.95.